The van der Waals surface area contributed by atoms with Crippen LogP contribution in [-0.4, -0.2) is 44.7 Å². The van der Waals surface area contributed by atoms with Crippen LogP contribution in [0.4, 0.5) is 4.79 Å². The highest BCUT2D eigenvalue weighted by Gasteiger charge is 2.31. The summed E-state index contributed by atoms with van der Waals surface area (Å²) in [7, 11) is 0. The zero-order chi connectivity index (χ0) is 16.4. The van der Waals surface area contributed by atoms with Gasteiger partial charge in [-0.1, -0.05) is 13.0 Å². The van der Waals surface area contributed by atoms with E-state index in [1.54, 1.807) is 15.6 Å². The minimum absolute atomic E-state index is 0.188. The summed E-state index contributed by atoms with van der Waals surface area (Å²) >= 11 is 0. The van der Waals surface area contributed by atoms with Crippen LogP contribution in [0.15, 0.2) is 30.6 Å². The van der Waals surface area contributed by atoms with Gasteiger partial charge < -0.3 is 15.3 Å². The molecule has 1 fully saturated rings. The maximum atomic E-state index is 12.3. The Morgan fingerprint density at radius 1 is 1.39 bits per heavy atom. The minimum Gasteiger partial charge on any atom is -0.481 e. The summed E-state index contributed by atoms with van der Waals surface area (Å²) in [6.45, 7) is 3.19. The molecular weight excluding hydrogens is 296 g/mol. The Hall–Kier alpha value is -2.57. The van der Waals surface area contributed by atoms with Crippen molar-refractivity contribution in [2.24, 2.45) is 11.8 Å². The predicted molar refractivity (Wildman–Crippen MR) is 83.9 cm³/mol. The number of nitrogens with one attached hydrogen (secondary N) is 1. The number of rotatable bonds is 3. The molecule has 7 nitrogen and oxygen atoms in total. The standard InChI is InChI=1S/C16H20N4O3/c1-11-6-12(15(21)22)10-19(9-11)16(23)17-7-13-8-18-20-5-3-2-4-14(13)20/h2-5,8,11-12H,6-7,9-10H2,1H3,(H,17,23)(H,21,22). The van der Waals surface area contributed by atoms with Gasteiger partial charge >= 0.3 is 12.0 Å². The largest absolute Gasteiger partial charge is 0.481 e. The van der Waals surface area contributed by atoms with Crippen LogP contribution in [0, 0.1) is 11.8 Å². The topological polar surface area (TPSA) is 86.9 Å². The third kappa shape index (κ3) is 3.28. The molecule has 0 saturated carbocycles. The lowest BCUT2D eigenvalue weighted by Gasteiger charge is -2.34. The highest BCUT2D eigenvalue weighted by atomic mass is 16.4. The Morgan fingerprint density at radius 2 is 2.22 bits per heavy atom. The lowest BCUT2D eigenvalue weighted by molar-refractivity contribution is -0.143. The monoisotopic (exact) mass is 316 g/mol. The summed E-state index contributed by atoms with van der Waals surface area (Å²) < 4.78 is 1.75. The first-order chi connectivity index (χ1) is 11.0. The van der Waals surface area contributed by atoms with Crippen molar-refractivity contribution in [3.8, 4) is 0 Å². The van der Waals surface area contributed by atoms with Crippen LogP contribution in [-0.2, 0) is 11.3 Å². The number of hydrogen-bond acceptors (Lipinski definition) is 3. The number of aliphatic carboxylic acids is 1. The molecule has 0 aromatic carbocycles. The molecule has 3 rings (SSSR count). The molecule has 1 saturated heterocycles. The van der Waals surface area contributed by atoms with Crippen molar-refractivity contribution in [1.82, 2.24) is 19.8 Å². The number of likely N-dealkylation sites (tertiary alicyclic amines) is 1. The van der Waals surface area contributed by atoms with E-state index < -0.39 is 11.9 Å². The molecule has 1 aliphatic heterocycles. The number of carbonyl (C=O) groups excluding carboxylic acids is 1. The van der Waals surface area contributed by atoms with E-state index in [1.807, 2.05) is 31.3 Å². The molecule has 2 aromatic heterocycles. The second-order valence-corrected chi connectivity index (χ2v) is 6.14. The van der Waals surface area contributed by atoms with Crippen molar-refractivity contribution in [2.75, 3.05) is 13.1 Å². The quantitative estimate of drug-likeness (QED) is 0.900. The molecule has 2 amide bonds. The molecule has 3 heterocycles. The smallest absolute Gasteiger partial charge is 0.317 e. The normalized spacial score (nSPS) is 21.3. The number of nitrogens with zero attached hydrogens (tertiary/aromatic N) is 3. The van der Waals surface area contributed by atoms with Crippen molar-refractivity contribution in [1.29, 1.82) is 0 Å². The van der Waals surface area contributed by atoms with Crippen LogP contribution >= 0.6 is 0 Å². The molecule has 0 radical (unpaired) electrons. The number of amides is 2. The fourth-order valence-electron chi connectivity index (χ4n) is 3.10. The zero-order valence-electron chi connectivity index (χ0n) is 13.0. The fourth-order valence-corrected chi connectivity index (χ4v) is 3.10. The summed E-state index contributed by atoms with van der Waals surface area (Å²) in [5, 5.41) is 16.3. The van der Waals surface area contributed by atoms with Crippen LogP contribution < -0.4 is 5.32 Å². The zero-order valence-corrected chi connectivity index (χ0v) is 13.0. The third-order valence-electron chi connectivity index (χ3n) is 4.23. The summed E-state index contributed by atoms with van der Waals surface area (Å²) in [6, 6.07) is 5.53. The average molecular weight is 316 g/mol. The highest BCUT2D eigenvalue weighted by molar-refractivity contribution is 5.77. The van der Waals surface area contributed by atoms with Crippen LogP contribution in [0.5, 0.6) is 0 Å². The molecule has 2 aromatic rings. The van der Waals surface area contributed by atoms with Gasteiger partial charge in [-0.25, -0.2) is 9.31 Å². The van der Waals surface area contributed by atoms with Gasteiger partial charge in [-0.15, -0.1) is 0 Å². The lowest BCUT2D eigenvalue weighted by Crippen LogP contribution is -2.49. The molecule has 7 heteroatoms. The van der Waals surface area contributed by atoms with E-state index in [0.717, 1.165) is 11.1 Å². The molecule has 1 aliphatic rings. The molecule has 23 heavy (non-hydrogen) atoms. The Labute approximate surface area is 133 Å². The number of carboxylic acids is 1. The number of piperidine rings is 1. The number of aromatic nitrogens is 2. The van der Waals surface area contributed by atoms with Crippen molar-refractivity contribution in [3.63, 3.8) is 0 Å². The Balaban J connectivity index is 1.63. The molecule has 0 spiro atoms. The van der Waals surface area contributed by atoms with Crippen molar-refractivity contribution < 1.29 is 14.7 Å². The molecular formula is C16H20N4O3. The Bertz CT molecular complexity index is 727. The molecule has 122 valence electrons. The summed E-state index contributed by atoms with van der Waals surface area (Å²) in [6.07, 6.45) is 4.20. The third-order valence-corrected chi connectivity index (χ3v) is 4.23. The van der Waals surface area contributed by atoms with Gasteiger partial charge in [0.1, 0.15) is 0 Å². The van der Waals surface area contributed by atoms with Crippen LogP contribution in [0.25, 0.3) is 5.52 Å². The van der Waals surface area contributed by atoms with Crippen molar-refractivity contribution in [2.45, 2.75) is 19.9 Å². The van der Waals surface area contributed by atoms with Gasteiger partial charge in [0.15, 0.2) is 0 Å². The molecule has 0 aliphatic carbocycles. The first-order valence-electron chi connectivity index (χ1n) is 7.71. The van der Waals surface area contributed by atoms with E-state index in [0.29, 0.717) is 19.5 Å². The number of carboxylic acid groups (broad SMARTS) is 1. The summed E-state index contributed by atoms with van der Waals surface area (Å²) in [5.74, 6) is -1.13. The highest BCUT2D eigenvalue weighted by Crippen LogP contribution is 2.22. The van der Waals surface area contributed by atoms with Gasteiger partial charge in [0, 0.05) is 31.4 Å². The first kappa shape index (κ1) is 15.3. The lowest BCUT2D eigenvalue weighted by atomic mass is 9.91. The van der Waals surface area contributed by atoms with E-state index in [4.69, 9.17) is 0 Å². The van der Waals surface area contributed by atoms with Gasteiger partial charge in [0.2, 0.25) is 0 Å². The van der Waals surface area contributed by atoms with Gasteiger partial charge in [-0.2, -0.15) is 5.10 Å². The van der Waals surface area contributed by atoms with E-state index >= 15 is 0 Å². The van der Waals surface area contributed by atoms with Gasteiger partial charge in [0.05, 0.1) is 17.6 Å². The number of carbonyl (C=O) groups is 2. The van der Waals surface area contributed by atoms with Crippen LogP contribution in [0.1, 0.15) is 18.9 Å². The number of pyridine rings is 1. The fraction of sp³-hybridized carbons (Fsp3) is 0.438. The second-order valence-electron chi connectivity index (χ2n) is 6.14. The molecule has 2 atom stereocenters. The van der Waals surface area contributed by atoms with Crippen molar-refractivity contribution in [3.05, 3.63) is 36.2 Å². The van der Waals surface area contributed by atoms with Crippen molar-refractivity contribution >= 4 is 17.5 Å². The van der Waals surface area contributed by atoms with Gasteiger partial charge in [0.25, 0.3) is 0 Å². The van der Waals surface area contributed by atoms with Crippen LogP contribution in [0.2, 0.25) is 0 Å². The maximum Gasteiger partial charge on any atom is 0.317 e. The number of urea groups is 1. The molecule has 2 N–H and O–H groups in total. The SMILES string of the molecule is CC1CC(C(=O)O)CN(C(=O)NCc2cnn3ccccc23)C1. The van der Waals surface area contributed by atoms with E-state index in [9.17, 15) is 14.7 Å². The second kappa shape index (κ2) is 6.28. The van der Waals surface area contributed by atoms with E-state index in [1.165, 1.54) is 0 Å². The molecule has 2 unspecified atom stereocenters. The maximum absolute atomic E-state index is 12.3. The number of fused-ring (bicyclic) bond motifs is 1. The van der Waals surface area contributed by atoms with E-state index in [2.05, 4.69) is 10.4 Å². The Kier molecular flexibility index (Phi) is 4.18. The minimum atomic E-state index is -0.836. The van der Waals surface area contributed by atoms with Gasteiger partial charge in [-0.3, -0.25) is 4.79 Å². The molecule has 0 bridgehead atoms. The predicted octanol–water partition coefficient (Wildman–Crippen LogP) is 1.59. The summed E-state index contributed by atoms with van der Waals surface area (Å²) in [5.41, 5.74) is 1.88. The van der Waals surface area contributed by atoms with Crippen LogP contribution in [0.3, 0.4) is 0 Å². The van der Waals surface area contributed by atoms with Gasteiger partial charge in [-0.05, 0) is 24.5 Å². The first-order valence-corrected chi connectivity index (χ1v) is 7.71. The number of hydrogen-bond donors (Lipinski definition) is 2. The Morgan fingerprint density at radius 3 is 3.00 bits per heavy atom. The summed E-state index contributed by atoms with van der Waals surface area (Å²) in [4.78, 5) is 25.1. The average Bonchev–Trinajstić information content (AvgIpc) is 2.95. The van der Waals surface area contributed by atoms with E-state index in [-0.39, 0.29) is 18.5 Å².